The van der Waals surface area contributed by atoms with E-state index >= 15 is 0 Å². The molecule has 5 heteroatoms. The van der Waals surface area contributed by atoms with Crippen molar-refractivity contribution in [2.75, 3.05) is 0 Å². The van der Waals surface area contributed by atoms with Gasteiger partial charge in [-0.1, -0.05) is 0 Å². The second-order valence-electron chi connectivity index (χ2n) is 5.71. The van der Waals surface area contributed by atoms with Gasteiger partial charge in [0.25, 0.3) is 0 Å². The van der Waals surface area contributed by atoms with Crippen molar-refractivity contribution in [1.29, 1.82) is 0 Å². The zero-order chi connectivity index (χ0) is 13.7. The first kappa shape index (κ1) is 14.3. The van der Waals surface area contributed by atoms with E-state index in [2.05, 4.69) is 22.6 Å². The van der Waals surface area contributed by atoms with Crippen LogP contribution in [0, 0.1) is 16.3 Å². The number of halogens is 2. The Morgan fingerprint density at radius 3 is 2.11 bits per heavy atom. The minimum absolute atomic E-state index is 0.272. The fraction of sp³-hybridized carbons (Fsp3) is 0.538. The highest BCUT2D eigenvalue weighted by Gasteiger charge is 2.52. The fourth-order valence-corrected chi connectivity index (χ4v) is 2.30. The Bertz CT molecular complexity index is 472. The predicted molar refractivity (Wildman–Crippen MR) is 79.6 cm³/mol. The highest BCUT2D eigenvalue weighted by molar-refractivity contribution is 14.1. The zero-order valence-electron chi connectivity index (χ0n) is 11.3. The summed E-state index contributed by atoms with van der Waals surface area (Å²) in [7, 11) is -0.635. The number of aryl methyl sites for hydroxylation is 1. The summed E-state index contributed by atoms with van der Waals surface area (Å²) in [5.41, 5.74) is 0.512. The molecule has 0 aromatic heterocycles. The van der Waals surface area contributed by atoms with Crippen molar-refractivity contribution in [3.63, 3.8) is 0 Å². The summed E-state index contributed by atoms with van der Waals surface area (Å²) in [6, 6.07) is 3.33. The van der Waals surface area contributed by atoms with Crippen LogP contribution in [-0.2, 0) is 9.31 Å². The molecule has 1 aromatic rings. The summed E-state index contributed by atoms with van der Waals surface area (Å²) in [5, 5.41) is 0. The van der Waals surface area contributed by atoms with Crippen molar-refractivity contribution in [2.45, 2.75) is 45.8 Å². The number of hydrogen-bond donors (Lipinski definition) is 0. The average Bonchev–Trinajstić information content (AvgIpc) is 2.42. The standard InChI is InChI=1S/C13H17BFIO2/c1-8-6-10(15)9(7-11(8)16)14-17-12(2,3)13(4,5)18-14/h6-7H,1-5H3. The second-order valence-corrected chi connectivity index (χ2v) is 6.87. The van der Waals surface area contributed by atoms with Gasteiger partial charge in [0, 0.05) is 9.03 Å². The van der Waals surface area contributed by atoms with E-state index in [4.69, 9.17) is 9.31 Å². The van der Waals surface area contributed by atoms with E-state index in [9.17, 15) is 4.39 Å². The number of hydrogen-bond acceptors (Lipinski definition) is 2. The molecule has 0 spiro atoms. The third kappa shape index (κ3) is 2.32. The lowest BCUT2D eigenvalue weighted by Gasteiger charge is -2.32. The molecule has 1 heterocycles. The minimum Gasteiger partial charge on any atom is -0.399 e. The SMILES string of the molecule is Cc1cc(F)c(B2OC(C)(C)C(C)(C)O2)cc1I. The first-order valence-corrected chi connectivity index (χ1v) is 7.03. The molecule has 0 saturated carbocycles. The van der Waals surface area contributed by atoms with Gasteiger partial charge in [0.2, 0.25) is 0 Å². The highest BCUT2D eigenvalue weighted by atomic mass is 127. The highest BCUT2D eigenvalue weighted by Crippen LogP contribution is 2.36. The van der Waals surface area contributed by atoms with Crippen LogP contribution in [0.5, 0.6) is 0 Å². The van der Waals surface area contributed by atoms with Crippen LogP contribution in [-0.4, -0.2) is 18.3 Å². The smallest absolute Gasteiger partial charge is 0.399 e. The third-order valence-electron chi connectivity index (χ3n) is 3.79. The van der Waals surface area contributed by atoms with E-state index in [0.717, 1.165) is 9.13 Å². The Morgan fingerprint density at radius 1 is 1.11 bits per heavy atom. The van der Waals surface area contributed by atoms with Crippen LogP contribution in [0.2, 0.25) is 0 Å². The molecule has 1 aromatic carbocycles. The summed E-state index contributed by atoms with van der Waals surface area (Å²) < 4.78 is 26.8. The first-order chi connectivity index (χ1) is 8.14. The molecule has 1 saturated heterocycles. The Hall–Kier alpha value is -0.135. The van der Waals surface area contributed by atoms with Gasteiger partial charge in [-0.15, -0.1) is 0 Å². The van der Waals surface area contributed by atoms with Crippen LogP contribution in [0.4, 0.5) is 4.39 Å². The van der Waals surface area contributed by atoms with Gasteiger partial charge in [-0.25, -0.2) is 4.39 Å². The summed E-state index contributed by atoms with van der Waals surface area (Å²) in [6.07, 6.45) is 0. The van der Waals surface area contributed by atoms with Crippen molar-refractivity contribution in [3.05, 3.63) is 27.1 Å². The van der Waals surface area contributed by atoms with Crippen LogP contribution in [0.25, 0.3) is 0 Å². The van der Waals surface area contributed by atoms with Gasteiger partial charge in [-0.2, -0.15) is 0 Å². The molecule has 0 atom stereocenters. The molecule has 2 nitrogen and oxygen atoms in total. The molecule has 98 valence electrons. The molecule has 0 bridgehead atoms. The quantitative estimate of drug-likeness (QED) is 0.565. The Labute approximate surface area is 122 Å². The van der Waals surface area contributed by atoms with Crippen LogP contribution >= 0.6 is 22.6 Å². The van der Waals surface area contributed by atoms with Gasteiger partial charge in [-0.05, 0) is 74.9 Å². The maximum absolute atomic E-state index is 14.0. The minimum atomic E-state index is -0.635. The van der Waals surface area contributed by atoms with Crippen molar-refractivity contribution in [1.82, 2.24) is 0 Å². The normalized spacial score (nSPS) is 21.4. The van der Waals surface area contributed by atoms with Crippen molar-refractivity contribution < 1.29 is 13.7 Å². The van der Waals surface area contributed by atoms with Gasteiger partial charge in [0.05, 0.1) is 11.2 Å². The van der Waals surface area contributed by atoms with Crippen LogP contribution in [0.1, 0.15) is 33.3 Å². The summed E-state index contributed by atoms with van der Waals surface area (Å²) in [5.74, 6) is -0.272. The Morgan fingerprint density at radius 2 is 1.61 bits per heavy atom. The van der Waals surface area contributed by atoms with E-state index in [0.29, 0.717) is 5.46 Å². The average molecular weight is 362 g/mol. The summed E-state index contributed by atoms with van der Waals surface area (Å²) in [4.78, 5) is 0. The topological polar surface area (TPSA) is 18.5 Å². The van der Waals surface area contributed by atoms with E-state index in [-0.39, 0.29) is 5.82 Å². The predicted octanol–water partition coefficient (Wildman–Crippen LogP) is 3.04. The fourth-order valence-electron chi connectivity index (χ4n) is 1.81. The number of benzene rings is 1. The molecule has 0 unspecified atom stereocenters. The first-order valence-electron chi connectivity index (χ1n) is 5.95. The molecular weight excluding hydrogens is 345 g/mol. The van der Waals surface area contributed by atoms with Gasteiger partial charge in [-0.3, -0.25) is 0 Å². The zero-order valence-corrected chi connectivity index (χ0v) is 13.5. The molecule has 0 radical (unpaired) electrons. The molecule has 1 aliphatic heterocycles. The van der Waals surface area contributed by atoms with E-state index in [1.54, 1.807) is 6.07 Å². The Balaban J connectivity index is 2.38. The molecule has 0 N–H and O–H groups in total. The Kier molecular flexibility index (Phi) is 3.53. The molecular formula is C13H17BFIO2. The maximum Gasteiger partial charge on any atom is 0.497 e. The molecule has 18 heavy (non-hydrogen) atoms. The van der Waals surface area contributed by atoms with Crippen LogP contribution in [0.15, 0.2) is 12.1 Å². The molecule has 1 fully saturated rings. The summed E-state index contributed by atoms with van der Waals surface area (Å²) in [6.45, 7) is 9.74. The molecule has 0 aliphatic carbocycles. The second kappa shape index (κ2) is 4.46. The van der Waals surface area contributed by atoms with Gasteiger partial charge < -0.3 is 9.31 Å². The van der Waals surface area contributed by atoms with E-state index in [1.807, 2.05) is 34.6 Å². The van der Waals surface area contributed by atoms with Gasteiger partial charge in [0.1, 0.15) is 5.82 Å². The van der Waals surface area contributed by atoms with E-state index in [1.165, 1.54) is 6.07 Å². The van der Waals surface area contributed by atoms with E-state index < -0.39 is 18.3 Å². The van der Waals surface area contributed by atoms with Crippen molar-refractivity contribution in [3.8, 4) is 0 Å². The lowest BCUT2D eigenvalue weighted by molar-refractivity contribution is 0.00578. The number of rotatable bonds is 1. The lowest BCUT2D eigenvalue weighted by atomic mass is 9.78. The monoisotopic (exact) mass is 362 g/mol. The maximum atomic E-state index is 14.0. The summed E-state index contributed by atoms with van der Waals surface area (Å²) >= 11 is 2.19. The van der Waals surface area contributed by atoms with Crippen LogP contribution < -0.4 is 5.46 Å². The van der Waals surface area contributed by atoms with Crippen molar-refractivity contribution >= 4 is 35.2 Å². The third-order valence-corrected chi connectivity index (χ3v) is 4.95. The molecule has 1 aliphatic rings. The van der Waals surface area contributed by atoms with Crippen molar-refractivity contribution in [2.24, 2.45) is 0 Å². The van der Waals surface area contributed by atoms with Gasteiger partial charge in [0.15, 0.2) is 0 Å². The largest absolute Gasteiger partial charge is 0.497 e. The lowest BCUT2D eigenvalue weighted by Crippen LogP contribution is -2.41. The molecule has 0 amide bonds. The molecule has 2 rings (SSSR count). The van der Waals surface area contributed by atoms with Gasteiger partial charge >= 0.3 is 7.12 Å². The van der Waals surface area contributed by atoms with Crippen LogP contribution in [0.3, 0.4) is 0 Å².